The summed E-state index contributed by atoms with van der Waals surface area (Å²) < 4.78 is 42.7. The summed E-state index contributed by atoms with van der Waals surface area (Å²) in [4.78, 5) is 17.6. The Balaban J connectivity index is 1.61. The number of aryl methyl sites for hydroxylation is 2. The fourth-order valence-electron chi connectivity index (χ4n) is 4.63. The number of thiophene rings is 1. The van der Waals surface area contributed by atoms with Gasteiger partial charge in [0.25, 0.3) is 0 Å². The number of halogens is 3. The number of nitrogens with zero attached hydrogens (tertiary/aromatic N) is 4. The van der Waals surface area contributed by atoms with E-state index in [9.17, 15) is 28.5 Å². The van der Waals surface area contributed by atoms with Crippen LogP contribution in [-0.2, 0) is 0 Å². The molecule has 0 bridgehead atoms. The number of alkyl halides is 3. The smallest absolute Gasteiger partial charge is 0.396 e. The highest BCUT2D eigenvalue weighted by Gasteiger charge is 2.47. The van der Waals surface area contributed by atoms with Crippen LogP contribution in [0, 0.1) is 19.8 Å². The van der Waals surface area contributed by atoms with Crippen LogP contribution in [0.3, 0.4) is 0 Å². The molecule has 0 saturated heterocycles. The first kappa shape index (κ1) is 26.7. The van der Waals surface area contributed by atoms with Gasteiger partial charge in [-0.1, -0.05) is 0 Å². The maximum Gasteiger partial charge on any atom is 0.412 e. The van der Waals surface area contributed by atoms with Crippen molar-refractivity contribution in [1.82, 2.24) is 19.9 Å². The molecule has 4 aromatic rings. The summed E-state index contributed by atoms with van der Waals surface area (Å²) in [5.74, 6) is -0.868. The second-order valence-corrected chi connectivity index (χ2v) is 11.1. The monoisotopic (exact) mass is 566 g/mol. The van der Waals surface area contributed by atoms with Gasteiger partial charge in [0.2, 0.25) is 5.95 Å². The summed E-state index contributed by atoms with van der Waals surface area (Å²) in [6.07, 6.45) is -3.87. The van der Waals surface area contributed by atoms with Crippen LogP contribution in [0.5, 0.6) is 0 Å². The number of rotatable bonds is 7. The minimum Gasteiger partial charge on any atom is -0.396 e. The molecule has 202 valence electrons. The van der Waals surface area contributed by atoms with Crippen molar-refractivity contribution in [2.24, 2.45) is 5.92 Å². The van der Waals surface area contributed by atoms with Crippen molar-refractivity contribution >= 4 is 44.7 Å². The quantitative estimate of drug-likeness (QED) is 0.206. The van der Waals surface area contributed by atoms with Crippen LogP contribution in [0.4, 0.5) is 24.9 Å². The van der Waals surface area contributed by atoms with Gasteiger partial charge in [0.15, 0.2) is 11.8 Å². The summed E-state index contributed by atoms with van der Waals surface area (Å²) in [5, 5.41) is 40.2. The lowest BCUT2D eigenvalue weighted by Gasteiger charge is -2.31. The average molecular weight is 567 g/mol. The maximum absolute atomic E-state index is 14.0. The summed E-state index contributed by atoms with van der Waals surface area (Å²) in [7, 11) is 0. The highest BCUT2D eigenvalue weighted by atomic mass is 32.1. The molecule has 1 aliphatic rings. The first-order valence-corrected chi connectivity index (χ1v) is 13.5. The molecule has 1 saturated carbocycles. The molecule has 4 unspecified atom stereocenters. The Morgan fingerprint density at radius 3 is 2.61 bits per heavy atom. The van der Waals surface area contributed by atoms with Gasteiger partial charge in [-0.25, -0.2) is 9.97 Å². The molecule has 0 aliphatic heterocycles. The number of hydrogen-bond donors (Lipinski definition) is 5. The second kappa shape index (κ2) is 10.0. The van der Waals surface area contributed by atoms with Crippen molar-refractivity contribution in [2.75, 3.05) is 17.2 Å². The number of pyridine rings is 1. The van der Waals surface area contributed by atoms with Crippen LogP contribution < -0.4 is 10.6 Å². The van der Waals surface area contributed by atoms with Crippen LogP contribution in [-0.4, -0.2) is 59.9 Å². The van der Waals surface area contributed by atoms with Crippen molar-refractivity contribution in [3.05, 3.63) is 46.0 Å². The topological polar surface area (TPSA) is 136 Å². The number of aliphatic hydroxyl groups excluding tert-OH is 2. The zero-order valence-corrected chi connectivity index (χ0v) is 22.0. The predicted molar refractivity (Wildman–Crippen MR) is 139 cm³/mol. The highest BCUT2D eigenvalue weighted by Crippen LogP contribution is 2.42. The lowest BCUT2D eigenvalue weighted by Crippen LogP contribution is -2.48. The molecule has 0 amide bonds. The minimum absolute atomic E-state index is 0.0102. The van der Waals surface area contributed by atoms with Gasteiger partial charge in [-0.3, -0.25) is 4.98 Å². The Morgan fingerprint density at radius 2 is 1.97 bits per heavy atom. The number of nitrogens with one attached hydrogen (secondary N) is 2. The van der Waals surface area contributed by atoms with Gasteiger partial charge in [0.1, 0.15) is 22.4 Å². The van der Waals surface area contributed by atoms with Gasteiger partial charge >= 0.3 is 6.18 Å². The van der Waals surface area contributed by atoms with Crippen LogP contribution in [0.25, 0.3) is 20.8 Å². The zero-order chi connectivity index (χ0) is 27.2. The molecule has 4 heterocycles. The largest absolute Gasteiger partial charge is 0.412 e. The Hall–Kier alpha value is -2.91. The van der Waals surface area contributed by atoms with Crippen LogP contribution in [0.2, 0.25) is 0 Å². The van der Waals surface area contributed by atoms with Crippen LogP contribution in [0.15, 0.2) is 29.1 Å². The van der Waals surface area contributed by atoms with E-state index in [-0.39, 0.29) is 30.4 Å². The molecule has 0 aromatic carbocycles. The SMILES string of the molecule is Cc1nc(NC(c2ccsc2)C(F)(F)F)nc(NC2(O)CCC(CO)C2O)c1-c1nc2c(C)nccc2s1. The number of aliphatic hydroxyl groups is 3. The first-order valence-electron chi connectivity index (χ1n) is 11.8. The standard InChI is InChI=1S/C24H25F3N6O3S2/c1-11-16(21-30-17-12(2)28-7-4-15(17)38-21)20(33-23(36)6-3-13(9-34)19(23)35)32-22(29-11)31-18(24(25,26)27)14-5-8-37-10-14/h4-5,7-8,10,13,18-19,34-36H,3,6,9H2,1-2H3,(H2,29,31,32,33). The van der Waals surface area contributed by atoms with E-state index in [2.05, 4.69) is 30.6 Å². The minimum atomic E-state index is -4.63. The lowest BCUT2D eigenvalue weighted by molar-refractivity contribution is -0.144. The number of anilines is 2. The van der Waals surface area contributed by atoms with E-state index in [0.29, 0.717) is 33.9 Å². The summed E-state index contributed by atoms with van der Waals surface area (Å²) >= 11 is 2.46. The molecule has 9 nitrogen and oxygen atoms in total. The first-order chi connectivity index (χ1) is 18.0. The van der Waals surface area contributed by atoms with Gasteiger partial charge in [-0.2, -0.15) is 29.5 Å². The fraction of sp³-hybridized carbons (Fsp3) is 0.417. The highest BCUT2D eigenvalue weighted by molar-refractivity contribution is 7.21. The Labute approximate surface area is 223 Å². The van der Waals surface area contributed by atoms with E-state index in [0.717, 1.165) is 16.0 Å². The normalized spacial score (nSPS) is 22.6. The molecule has 4 aromatic heterocycles. The van der Waals surface area contributed by atoms with Crippen LogP contribution in [0.1, 0.15) is 35.8 Å². The summed E-state index contributed by atoms with van der Waals surface area (Å²) in [6.45, 7) is 3.10. The molecule has 4 atom stereocenters. The van der Waals surface area contributed by atoms with E-state index in [1.54, 1.807) is 24.6 Å². The van der Waals surface area contributed by atoms with Crippen molar-refractivity contribution in [3.63, 3.8) is 0 Å². The predicted octanol–water partition coefficient (Wildman–Crippen LogP) is 4.41. The molecule has 1 aliphatic carbocycles. The molecule has 14 heteroatoms. The van der Waals surface area contributed by atoms with E-state index in [4.69, 9.17) is 0 Å². The van der Waals surface area contributed by atoms with Crippen molar-refractivity contribution in [3.8, 4) is 10.6 Å². The van der Waals surface area contributed by atoms with E-state index < -0.39 is 30.0 Å². The molecule has 5 N–H and O–H groups in total. The van der Waals surface area contributed by atoms with Crippen molar-refractivity contribution in [1.29, 1.82) is 0 Å². The van der Waals surface area contributed by atoms with Crippen LogP contribution >= 0.6 is 22.7 Å². The van der Waals surface area contributed by atoms with Gasteiger partial charge in [0, 0.05) is 18.7 Å². The number of thiazole rings is 1. The second-order valence-electron chi connectivity index (χ2n) is 9.27. The summed E-state index contributed by atoms with van der Waals surface area (Å²) in [5.41, 5.74) is 0.210. The average Bonchev–Trinajstić information content (AvgIpc) is 3.58. The number of hydrogen-bond acceptors (Lipinski definition) is 11. The van der Waals surface area contributed by atoms with E-state index >= 15 is 0 Å². The van der Waals surface area contributed by atoms with Gasteiger partial charge in [0.05, 0.1) is 21.7 Å². The maximum atomic E-state index is 14.0. The van der Waals surface area contributed by atoms with E-state index in [1.807, 2.05) is 6.92 Å². The fourth-order valence-corrected chi connectivity index (χ4v) is 6.43. The third kappa shape index (κ3) is 4.94. The molecular formula is C24H25F3N6O3S2. The third-order valence-electron chi connectivity index (χ3n) is 6.67. The molecule has 38 heavy (non-hydrogen) atoms. The number of aromatic nitrogens is 4. The van der Waals surface area contributed by atoms with Gasteiger partial charge < -0.3 is 26.0 Å². The molecule has 0 radical (unpaired) electrons. The Bertz CT molecular complexity index is 1450. The number of fused-ring (bicyclic) bond motifs is 1. The lowest BCUT2D eigenvalue weighted by atomic mass is 10.0. The molecule has 5 rings (SSSR count). The van der Waals surface area contributed by atoms with Gasteiger partial charge in [-0.15, -0.1) is 11.3 Å². The molecule has 1 fully saturated rings. The van der Waals surface area contributed by atoms with E-state index in [1.165, 1.54) is 22.8 Å². The Kier molecular flexibility index (Phi) is 7.02. The third-order valence-corrected chi connectivity index (χ3v) is 8.41. The van der Waals surface area contributed by atoms with Gasteiger partial charge in [-0.05, 0) is 55.1 Å². The van der Waals surface area contributed by atoms with Crippen molar-refractivity contribution < 1.29 is 28.5 Å². The molecule has 0 spiro atoms. The zero-order valence-electron chi connectivity index (χ0n) is 20.3. The van der Waals surface area contributed by atoms with Crippen molar-refractivity contribution in [2.45, 2.75) is 50.7 Å². The Morgan fingerprint density at radius 1 is 1.18 bits per heavy atom. The summed E-state index contributed by atoms with van der Waals surface area (Å²) in [6, 6.07) is 1.12. The molecular weight excluding hydrogens is 541 g/mol.